The van der Waals surface area contributed by atoms with Crippen LogP contribution in [0.5, 0.6) is 0 Å². The van der Waals surface area contributed by atoms with Crippen LogP contribution >= 0.6 is 0 Å². The molecule has 1 aromatic carbocycles. The third kappa shape index (κ3) is 8.13. The highest BCUT2D eigenvalue weighted by molar-refractivity contribution is 5.68. The van der Waals surface area contributed by atoms with Gasteiger partial charge in [-0.15, -0.1) is 0 Å². The van der Waals surface area contributed by atoms with Gasteiger partial charge in [-0.25, -0.2) is 15.0 Å². The van der Waals surface area contributed by atoms with Gasteiger partial charge in [0.1, 0.15) is 5.69 Å². The van der Waals surface area contributed by atoms with Crippen LogP contribution in [0.15, 0.2) is 79.1 Å². The van der Waals surface area contributed by atoms with Crippen LogP contribution in [0.3, 0.4) is 0 Å². The van der Waals surface area contributed by atoms with Crippen molar-refractivity contribution in [2.45, 2.75) is 26.9 Å². The zero-order valence-electron chi connectivity index (χ0n) is 19.0. The quantitative estimate of drug-likeness (QED) is 0.449. The highest BCUT2D eigenvalue weighted by Crippen LogP contribution is 2.14. The molecule has 3 heterocycles. The molecule has 0 aliphatic carbocycles. The Kier molecular flexibility index (Phi) is 8.58. The Bertz CT molecular complexity index is 1250. The summed E-state index contributed by atoms with van der Waals surface area (Å²) in [6.07, 6.45) is 6.93. The van der Waals surface area contributed by atoms with Crippen molar-refractivity contribution in [1.82, 2.24) is 19.9 Å². The van der Waals surface area contributed by atoms with E-state index in [1.807, 2.05) is 86.7 Å². The lowest BCUT2D eigenvalue weighted by Gasteiger charge is -2.03. The Morgan fingerprint density at radius 1 is 0.758 bits per heavy atom. The average Bonchev–Trinajstić information content (AvgIpc) is 2.83. The van der Waals surface area contributed by atoms with Gasteiger partial charge in [-0.3, -0.25) is 4.98 Å². The summed E-state index contributed by atoms with van der Waals surface area (Å²) in [4.78, 5) is 16.7. The number of aromatic nitrogens is 4. The Balaban J connectivity index is 0.000000189. The lowest BCUT2D eigenvalue weighted by molar-refractivity contribution is 0.199. The van der Waals surface area contributed by atoms with Gasteiger partial charge >= 0.3 is 0 Å². The van der Waals surface area contributed by atoms with E-state index in [2.05, 4.69) is 31.8 Å². The van der Waals surface area contributed by atoms with Crippen LogP contribution in [0.2, 0.25) is 0 Å². The Morgan fingerprint density at radius 3 is 2.06 bits per heavy atom. The summed E-state index contributed by atoms with van der Waals surface area (Å²) in [5.41, 5.74) is 5.69. The van der Waals surface area contributed by atoms with E-state index in [0.29, 0.717) is 5.82 Å². The predicted molar refractivity (Wildman–Crippen MR) is 132 cm³/mol. The first kappa shape index (κ1) is 23.5. The minimum Gasteiger partial charge on any atom is -0.389 e. The second-order valence-electron chi connectivity index (χ2n) is 7.37. The van der Waals surface area contributed by atoms with Crippen molar-refractivity contribution in [1.29, 1.82) is 0 Å². The third-order valence-electron chi connectivity index (χ3n) is 4.53. The zero-order valence-corrected chi connectivity index (χ0v) is 19.0. The van der Waals surface area contributed by atoms with Crippen molar-refractivity contribution in [3.8, 4) is 11.8 Å². The fourth-order valence-corrected chi connectivity index (χ4v) is 2.82. The minimum absolute atomic E-state index is 0.415. The van der Waals surface area contributed by atoms with Crippen LogP contribution in [0.1, 0.15) is 52.8 Å². The van der Waals surface area contributed by atoms with Crippen LogP contribution in [-0.2, 0) is 0 Å². The van der Waals surface area contributed by atoms with Gasteiger partial charge in [-0.2, -0.15) is 0 Å². The molecule has 0 amide bonds. The molecule has 1 atom stereocenters. The van der Waals surface area contributed by atoms with Gasteiger partial charge in [-0.05, 0) is 80.1 Å². The average molecular weight is 435 g/mol. The summed E-state index contributed by atoms with van der Waals surface area (Å²) in [5.74, 6) is 6.28. The van der Waals surface area contributed by atoms with E-state index in [4.69, 9.17) is 0 Å². The molecule has 5 nitrogen and oxygen atoms in total. The number of nitrogens with zero attached hydrogens (tertiary/aromatic N) is 4. The molecule has 1 unspecified atom stereocenters. The highest BCUT2D eigenvalue weighted by atomic mass is 16.3. The number of rotatable bonds is 3. The van der Waals surface area contributed by atoms with E-state index in [0.717, 1.165) is 33.9 Å². The number of hydrogen-bond donors (Lipinski definition) is 1. The van der Waals surface area contributed by atoms with Crippen molar-refractivity contribution in [2.24, 2.45) is 0 Å². The SMILES string of the molecule is Cc1cccc(C#Cc2ncccn2)n1.Cc1cccc(C=Cc2ccc(C(C)O)cc2)n1. The summed E-state index contributed by atoms with van der Waals surface area (Å²) in [6.45, 7) is 5.68. The van der Waals surface area contributed by atoms with Gasteiger partial charge < -0.3 is 5.11 Å². The highest BCUT2D eigenvalue weighted by Gasteiger charge is 1.98. The molecule has 4 rings (SSSR count). The Labute approximate surface area is 195 Å². The van der Waals surface area contributed by atoms with Crippen molar-refractivity contribution in [3.63, 3.8) is 0 Å². The van der Waals surface area contributed by atoms with Crippen LogP contribution in [0.25, 0.3) is 12.2 Å². The summed E-state index contributed by atoms with van der Waals surface area (Å²) in [5, 5.41) is 9.43. The minimum atomic E-state index is -0.415. The van der Waals surface area contributed by atoms with Crippen molar-refractivity contribution < 1.29 is 5.11 Å². The van der Waals surface area contributed by atoms with Gasteiger partial charge in [0.05, 0.1) is 11.8 Å². The van der Waals surface area contributed by atoms with E-state index in [-0.39, 0.29) is 0 Å². The van der Waals surface area contributed by atoms with E-state index < -0.39 is 6.10 Å². The van der Waals surface area contributed by atoms with Crippen LogP contribution in [-0.4, -0.2) is 25.0 Å². The number of aryl methyl sites for hydroxylation is 2. The summed E-state index contributed by atoms with van der Waals surface area (Å²) in [6, 6.07) is 21.3. The lowest BCUT2D eigenvalue weighted by atomic mass is 10.1. The van der Waals surface area contributed by atoms with Crippen molar-refractivity contribution >= 4 is 12.2 Å². The molecule has 0 saturated heterocycles. The molecular weight excluding hydrogens is 408 g/mol. The molecule has 1 N–H and O–H groups in total. The number of benzene rings is 1. The van der Waals surface area contributed by atoms with Crippen molar-refractivity contribution in [3.05, 3.63) is 119 Å². The molecule has 5 heteroatoms. The molecule has 0 radical (unpaired) electrons. The first-order valence-electron chi connectivity index (χ1n) is 10.6. The first-order valence-corrected chi connectivity index (χ1v) is 10.6. The normalized spacial score (nSPS) is 11.2. The molecule has 4 aromatic rings. The maximum atomic E-state index is 9.43. The van der Waals surface area contributed by atoms with Gasteiger partial charge in [0.25, 0.3) is 0 Å². The smallest absolute Gasteiger partial charge is 0.205 e. The maximum absolute atomic E-state index is 9.43. The standard InChI is InChI=1S/C16H17NO.C12H9N3/c1-12-4-3-5-16(17-12)11-8-14-6-9-15(10-7-14)13(2)18;1-10-4-2-5-11(15-10)6-7-12-13-8-3-9-14-12/h3-11,13,18H,1-2H3;2-5,8-9H,1H3. The topological polar surface area (TPSA) is 71.8 Å². The molecule has 0 spiro atoms. The Hall–Kier alpha value is -4.14. The van der Waals surface area contributed by atoms with Gasteiger partial charge in [0, 0.05) is 23.8 Å². The number of hydrogen-bond acceptors (Lipinski definition) is 5. The van der Waals surface area contributed by atoms with E-state index in [1.165, 1.54) is 0 Å². The van der Waals surface area contributed by atoms with Crippen molar-refractivity contribution in [2.75, 3.05) is 0 Å². The van der Waals surface area contributed by atoms with Gasteiger partial charge in [0.15, 0.2) is 0 Å². The van der Waals surface area contributed by atoms with Crippen LogP contribution in [0, 0.1) is 25.7 Å². The van der Waals surface area contributed by atoms with Crippen LogP contribution < -0.4 is 0 Å². The summed E-state index contributed by atoms with van der Waals surface area (Å²) in [7, 11) is 0. The number of pyridine rings is 2. The van der Waals surface area contributed by atoms with Gasteiger partial charge in [-0.1, -0.05) is 42.5 Å². The lowest BCUT2D eigenvalue weighted by Crippen LogP contribution is -1.89. The second kappa shape index (κ2) is 12.0. The monoisotopic (exact) mass is 434 g/mol. The molecule has 164 valence electrons. The summed E-state index contributed by atoms with van der Waals surface area (Å²) < 4.78 is 0. The predicted octanol–water partition coefficient (Wildman–Crippen LogP) is 5.19. The summed E-state index contributed by atoms with van der Waals surface area (Å²) >= 11 is 0. The second-order valence-corrected chi connectivity index (χ2v) is 7.37. The largest absolute Gasteiger partial charge is 0.389 e. The molecule has 0 bridgehead atoms. The maximum Gasteiger partial charge on any atom is 0.205 e. The Morgan fingerprint density at radius 2 is 1.42 bits per heavy atom. The molecular formula is C28H26N4O. The van der Waals surface area contributed by atoms with Crippen LogP contribution in [0.4, 0.5) is 0 Å². The molecule has 0 saturated carbocycles. The fraction of sp³-hybridized carbons (Fsp3) is 0.143. The number of aliphatic hydroxyl groups excluding tert-OH is 1. The third-order valence-corrected chi connectivity index (χ3v) is 4.53. The first-order chi connectivity index (χ1) is 16.0. The number of aliphatic hydroxyl groups is 1. The van der Waals surface area contributed by atoms with E-state index in [1.54, 1.807) is 25.4 Å². The van der Waals surface area contributed by atoms with E-state index in [9.17, 15) is 5.11 Å². The molecule has 0 fully saturated rings. The zero-order chi connectivity index (χ0) is 23.5. The van der Waals surface area contributed by atoms with E-state index >= 15 is 0 Å². The molecule has 0 aliphatic heterocycles. The molecule has 0 aliphatic rings. The molecule has 3 aromatic heterocycles. The van der Waals surface area contributed by atoms with Gasteiger partial charge in [0.2, 0.25) is 5.82 Å². The fourth-order valence-electron chi connectivity index (χ4n) is 2.82. The molecule has 33 heavy (non-hydrogen) atoms.